The number of allylic oxidation sites excluding steroid dienone is 8. The molecule has 2 atom stereocenters. The lowest BCUT2D eigenvalue weighted by molar-refractivity contribution is -0.161. The maximum Gasteiger partial charge on any atom is 0.472 e. The third-order valence-corrected chi connectivity index (χ3v) is 10.1. The largest absolute Gasteiger partial charge is 0.472 e. The highest BCUT2D eigenvalue weighted by atomic mass is 31.2. The third-order valence-electron chi connectivity index (χ3n) is 9.11. The standard InChI is InChI=1S/C45H82NO8P/c1-5-7-9-11-13-15-17-19-21-22-24-25-27-29-31-33-35-37-44(47)51-41-43(42-53-55(49,50)52-40-39-46(3)4)54-45(48)38-36-34-32-30-28-26-23-20-18-16-14-12-10-8-6-2/h13,15,19-21,23-25,43H,5-12,14,16-18,22,26-42H2,1-4H3,(H,49,50)/b15-13-,21-19-,23-20-,25-24-. The summed E-state index contributed by atoms with van der Waals surface area (Å²) in [7, 11) is -0.729. The normalized spacial score (nSPS) is 13.9. The van der Waals surface area contributed by atoms with Gasteiger partial charge in [-0.05, 0) is 91.1 Å². The minimum atomic E-state index is -4.37. The van der Waals surface area contributed by atoms with E-state index in [0.29, 0.717) is 19.4 Å². The molecule has 0 saturated carbocycles. The molecule has 2 unspecified atom stereocenters. The van der Waals surface area contributed by atoms with E-state index >= 15 is 0 Å². The van der Waals surface area contributed by atoms with E-state index in [1.165, 1.54) is 70.6 Å². The smallest absolute Gasteiger partial charge is 0.462 e. The first-order valence-electron chi connectivity index (χ1n) is 21.9. The van der Waals surface area contributed by atoms with Crippen LogP contribution in [0.25, 0.3) is 0 Å². The predicted molar refractivity (Wildman–Crippen MR) is 229 cm³/mol. The van der Waals surface area contributed by atoms with Crippen LogP contribution < -0.4 is 0 Å². The summed E-state index contributed by atoms with van der Waals surface area (Å²) in [6, 6.07) is 0. The van der Waals surface area contributed by atoms with Crippen molar-refractivity contribution in [3.05, 3.63) is 48.6 Å². The molecule has 0 amide bonds. The Balaban J connectivity index is 4.35. The van der Waals surface area contributed by atoms with Crippen molar-refractivity contribution in [3.8, 4) is 0 Å². The number of hydrogen-bond donors (Lipinski definition) is 1. The minimum absolute atomic E-state index is 0.000688. The number of carbonyl (C=O) groups is 2. The van der Waals surface area contributed by atoms with Crippen molar-refractivity contribution >= 4 is 19.8 Å². The first-order valence-corrected chi connectivity index (χ1v) is 23.4. The molecule has 1 N–H and O–H groups in total. The molecule has 0 saturated heterocycles. The molecule has 0 aliphatic carbocycles. The summed E-state index contributed by atoms with van der Waals surface area (Å²) < 4.78 is 33.4. The summed E-state index contributed by atoms with van der Waals surface area (Å²) in [5.41, 5.74) is 0. The molecule has 0 radical (unpaired) electrons. The van der Waals surface area contributed by atoms with Gasteiger partial charge < -0.3 is 19.3 Å². The van der Waals surface area contributed by atoms with Crippen molar-refractivity contribution in [2.45, 2.75) is 187 Å². The van der Waals surface area contributed by atoms with E-state index in [-0.39, 0.29) is 26.1 Å². The van der Waals surface area contributed by atoms with Crippen molar-refractivity contribution in [1.82, 2.24) is 4.90 Å². The van der Waals surface area contributed by atoms with Crippen LogP contribution >= 0.6 is 7.82 Å². The van der Waals surface area contributed by atoms with Crippen LogP contribution in [0.15, 0.2) is 48.6 Å². The molecule has 320 valence electrons. The lowest BCUT2D eigenvalue weighted by Crippen LogP contribution is -2.29. The quantitative estimate of drug-likeness (QED) is 0.0280. The number of nitrogens with zero attached hydrogens (tertiary/aromatic N) is 1. The number of carbonyl (C=O) groups excluding carboxylic acids is 2. The summed E-state index contributed by atoms with van der Waals surface area (Å²) >= 11 is 0. The Morgan fingerprint density at radius 3 is 1.51 bits per heavy atom. The summed E-state index contributed by atoms with van der Waals surface area (Å²) in [5.74, 6) is -0.839. The maximum atomic E-state index is 12.6. The van der Waals surface area contributed by atoms with Gasteiger partial charge in [0.2, 0.25) is 0 Å². The van der Waals surface area contributed by atoms with Gasteiger partial charge in [0, 0.05) is 19.4 Å². The molecule has 0 rings (SSSR count). The van der Waals surface area contributed by atoms with Crippen LogP contribution in [0.5, 0.6) is 0 Å². The van der Waals surface area contributed by atoms with Crippen LogP contribution in [0, 0.1) is 0 Å². The summed E-state index contributed by atoms with van der Waals surface area (Å²) in [5, 5.41) is 0. The van der Waals surface area contributed by atoms with Gasteiger partial charge in [0.05, 0.1) is 13.2 Å². The SMILES string of the molecule is CCCCC/C=C\C/C=C\C/C=C\CCCCCCC(=O)OCC(COP(=O)(O)OCCN(C)C)OC(=O)CCCCCCC/C=C\CCCCCCCC. The van der Waals surface area contributed by atoms with Gasteiger partial charge in [-0.15, -0.1) is 0 Å². The Bertz CT molecular complexity index is 1060. The number of rotatable bonds is 40. The molecule has 0 aromatic rings. The second-order valence-corrected chi connectivity index (χ2v) is 16.3. The second kappa shape index (κ2) is 40.2. The fourth-order valence-electron chi connectivity index (χ4n) is 5.69. The fourth-order valence-corrected chi connectivity index (χ4v) is 6.43. The monoisotopic (exact) mass is 796 g/mol. The van der Waals surface area contributed by atoms with E-state index in [0.717, 1.165) is 70.6 Å². The van der Waals surface area contributed by atoms with Crippen LogP contribution in [-0.4, -0.2) is 68.3 Å². The number of likely N-dealkylation sites (N-methyl/N-ethyl adjacent to an activating group) is 1. The van der Waals surface area contributed by atoms with Crippen LogP contribution in [0.2, 0.25) is 0 Å². The highest BCUT2D eigenvalue weighted by Gasteiger charge is 2.26. The molecule has 0 spiro atoms. The Morgan fingerprint density at radius 1 is 0.564 bits per heavy atom. The first-order chi connectivity index (χ1) is 26.7. The number of esters is 2. The van der Waals surface area contributed by atoms with E-state index in [9.17, 15) is 19.0 Å². The van der Waals surface area contributed by atoms with Crippen LogP contribution in [0.3, 0.4) is 0 Å². The molecule has 0 aromatic carbocycles. The van der Waals surface area contributed by atoms with Crippen molar-refractivity contribution in [1.29, 1.82) is 0 Å². The van der Waals surface area contributed by atoms with Crippen molar-refractivity contribution < 1.29 is 37.6 Å². The third kappa shape index (κ3) is 41.4. The molecular weight excluding hydrogens is 713 g/mol. The van der Waals surface area contributed by atoms with Crippen molar-refractivity contribution in [2.24, 2.45) is 0 Å². The maximum absolute atomic E-state index is 12.6. The van der Waals surface area contributed by atoms with E-state index in [1.54, 1.807) is 0 Å². The molecule has 0 fully saturated rings. The number of phosphoric ester groups is 1. The van der Waals surface area contributed by atoms with Gasteiger partial charge in [-0.3, -0.25) is 18.6 Å². The Morgan fingerprint density at radius 2 is 0.982 bits per heavy atom. The van der Waals surface area contributed by atoms with Gasteiger partial charge >= 0.3 is 19.8 Å². The van der Waals surface area contributed by atoms with Crippen LogP contribution in [-0.2, 0) is 32.7 Å². The summed E-state index contributed by atoms with van der Waals surface area (Å²) in [6.07, 6.45) is 44.3. The summed E-state index contributed by atoms with van der Waals surface area (Å²) in [4.78, 5) is 37.0. The Kier molecular flexibility index (Phi) is 38.7. The topological polar surface area (TPSA) is 112 Å². The Labute approximate surface area is 337 Å². The molecule has 0 aliphatic rings. The van der Waals surface area contributed by atoms with E-state index < -0.39 is 32.5 Å². The van der Waals surface area contributed by atoms with E-state index in [2.05, 4.69) is 62.5 Å². The average Bonchev–Trinajstić information content (AvgIpc) is 3.15. The van der Waals surface area contributed by atoms with Gasteiger partial charge in [-0.1, -0.05) is 140 Å². The van der Waals surface area contributed by atoms with Gasteiger partial charge in [0.1, 0.15) is 6.61 Å². The highest BCUT2D eigenvalue weighted by Crippen LogP contribution is 2.43. The zero-order chi connectivity index (χ0) is 40.5. The molecule has 9 nitrogen and oxygen atoms in total. The Hall–Kier alpha value is -2.03. The van der Waals surface area contributed by atoms with Crippen LogP contribution in [0.1, 0.15) is 181 Å². The van der Waals surface area contributed by atoms with E-state index in [1.807, 2.05) is 19.0 Å². The molecule has 55 heavy (non-hydrogen) atoms. The molecule has 10 heteroatoms. The zero-order valence-corrected chi connectivity index (χ0v) is 36.5. The lowest BCUT2D eigenvalue weighted by Gasteiger charge is -2.20. The molecule has 0 heterocycles. The van der Waals surface area contributed by atoms with Gasteiger partial charge in [-0.2, -0.15) is 0 Å². The van der Waals surface area contributed by atoms with Gasteiger partial charge in [0.15, 0.2) is 6.10 Å². The number of unbranched alkanes of at least 4 members (excludes halogenated alkanes) is 18. The van der Waals surface area contributed by atoms with Crippen molar-refractivity contribution in [2.75, 3.05) is 40.5 Å². The van der Waals surface area contributed by atoms with E-state index in [4.69, 9.17) is 18.5 Å². The summed E-state index contributed by atoms with van der Waals surface area (Å²) in [6.45, 7) is 4.25. The zero-order valence-electron chi connectivity index (χ0n) is 35.6. The predicted octanol–water partition coefficient (Wildman–Crippen LogP) is 12.5. The van der Waals surface area contributed by atoms with Crippen molar-refractivity contribution in [3.63, 3.8) is 0 Å². The van der Waals surface area contributed by atoms with Crippen LogP contribution in [0.4, 0.5) is 0 Å². The number of phosphoric acid groups is 1. The first kappa shape index (κ1) is 53.0. The average molecular weight is 796 g/mol. The highest BCUT2D eigenvalue weighted by molar-refractivity contribution is 7.47. The van der Waals surface area contributed by atoms with Gasteiger partial charge in [0.25, 0.3) is 0 Å². The van der Waals surface area contributed by atoms with Gasteiger partial charge in [-0.25, -0.2) is 4.57 Å². The molecule has 0 aromatic heterocycles. The number of ether oxygens (including phenoxy) is 2. The second-order valence-electron chi connectivity index (χ2n) is 14.9. The number of hydrogen-bond acceptors (Lipinski definition) is 8. The lowest BCUT2D eigenvalue weighted by atomic mass is 10.1. The molecular formula is C45H82NO8P. The fraction of sp³-hybridized carbons (Fsp3) is 0.778. The minimum Gasteiger partial charge on any atom is -0.462 e. The molecule has 0 bridgehead atoms. The molecule has 0 aliphatic heterocycles.